The van der Waals surface area contributed by atoms with Crippen molar-refractivity contribution in [3.8, 4) is 6.07 Å². The Balaban J connectivity index is 2.64. The van der Waals surface area contributed by atoms with Crippen LogP contribution in [0.1, 0.15) is 47.0 Å². The third-order valence-electron chi connectivity index (χ3n) is 3.73. The van der Waals surface area contributed by atoms with Crippen LogP contribution in [-0.2, 0) is 4.79 Å². The number of hydrogen-bond donors (Lipinski definition) is 1. The maximum absolute atomic E-state index is 11.7. The topological polar surface area (TPSA) is 73.2 Å². The smallest absolute Gasteiger partial charge is 0.310 e. The number of carbonyl (C=O) groups excluding carboxylic acids is 2. The van der Waals surface area contributed by atoms with Gasteiger partial charge in [-0.1, -0.05) is 6.92 Å². The Morgan fingerprint density at radius 2 is 2.06 bits per heavy atom. The molecular formula is C13H21N3O2. The number of nitrogens with zero attached hydrogens (tertiary/aromatic N) is 2. The maximum atomic E-state index is 11.7. The molecule has 5 heteroatoms. The van der Waals surface area contributed by atoms with Gasteiger partial charge in [0.2, 0.25) is 0 Å². The van der Waals surface area contributed by atoms with Gasteiger partial charge in [-0.25, -0.2) is 4.79 Å². The number of nitriles is 1. The average molecular weight is 251 g/mol. The Morgan fingerprint density at radius 3 is 2.56 bits per heavy atom. The quantitative estimate of drug-likeness (QED) is 0.760. The minimum atomic E-state index is -0.742. The van der Waals surface area contributed by atoms with E-state index in [1.807, 2.05) is 20.8 Å². The van der Waals surface area contributed by atoms with E-state index in [4.69, 9.17) is 5.26 Å². The van der Waals surface area contributed by atoms with E-state index < -0.39 is 5.54 Å². The van der Waals surface area contributed by atoms with E-state index in [1.54, 1.807) is 11.8 Å². The molecule has 1 aliphatic rings. The first-order valence-corrected chi connectivity index (χ1v) is 6.31. The summed E-state index contributed by atoms with van der Waals surface area (Å²) in [4.78, 5) is 25.0. The molecule has 0 spiro atoms. The van der Waals surface area contributed by atoms with Crippen LogP contribution in [0.25, 0.3) is 0 Å². The van der Waals surface area contributed by atoms with Crippen molar-refractivity contribution in [2.75, 3.05) is 6.54 Å². The van der Waals surface area contributed by atoms with Crippen LogP contribution in [0.2, 0.25) is 0 Å². The molecule has 1 aliphatic heterocycles. The number of carbonyl (C=O) groups is 2. The Labute approximate surface area is 108 Å². The van der Waals surface area contributed by atoms with Gasteiger partial charge in [0, 0.05) is 6.54 Å². The van der Waals surface area contributed by atoms with E-state index in [9.17, 15) is 9.59 Å². The second-order valence-corrected chi connectivity index (χ2v) is 5.64. The molecule has 0 bridgehead atoms. The molecule has 0 saturated carbocycles. The maximum Gasteiger partial charge on any atom is 0.325 e. The molecule has 1 heterocycles. The summed E-state index contributed by atoms with van der Waals surface area (Å²) in [5.41, 5.74) is -1.13. The molecular weight excluding hydrogens is 230 g/mol. The van der Waals surface area contributed by atoms with E-state index >= 15 is 0 Å². The summed E-state index contributed by atoms with van der Waals surface area (Å²) < 4.78 is 0. The van der Waals surface area contributed by atoms with Crippen LogP contribution in [-0.4, -0.2) is 28.9 Å². The zero-order chi connectivity index (χ0) is 14.0. The van der Waals surface area contributed by atoms with Crippen LogP contribution >= 0.6 is 0 Å². The Kier molecular flexibility index (Phi) is 4.00. The molecule has 18 heavy (non-hydrogen) atoms. The lowest BCUT2D eigenvalue weighted by Gasteiger charge is -2.31. The van der Waals surface area contributed by atoms with E-state index in [2.05, 4.69) is 11.4 Å². The molecule has 1 N–H and O–H groups in total. The van der Waals surface area contributed by atoms with Crippen molar-refractivity contribution in [2.24, 2.45) is 5.41 Å². The molecule has 0 aromatic carbocycles. The lowest BCUT2D eigenvalue weighted by Crippen LogP contribution is -2.47. The number of nitrogens with one attached hydrogen (secondary N) is 1. The van der Waals surface area contributed by atoms with E-state index in [0.29, 0.717) is 19.4 Å². The lowest BCUT2D eigenvalue weighted by atomic mass is 9.89. The highest BCUT2D eigenvalue weighted by atomic mass is 16.2. The lowest BCUT2D eigenvalue weighted by molar-refractivity contribution is -0.126. The Morgan fingerprint density at radius 1 is 1.44 bits per heavy atom. The van der Waals surface area contributed by atoms with Gasteiger partial charge in [-0.3, -0.25) is 10.1 Å². The summed E-state index contributed by atoms with van der Waals surface area (Å²) in [6.07, 6.45) is 2.02. The second-order valence-electron chi connectivity index (χ2n) is 5.64. The van der Waals surface area contributed by atoms with Crippen molar-refractivity contribution < 1.29 is 9.59 Å². The highest BCUT2D eigenvalue weighted by Crippen LogP contribution is 2.27. The van der Waals surface area contributed by atoms with Gasteiger partial charge in [0.1, 0.15) is 5.54 Å². The molecule has 100 valence electrons. The molecule has 0 aliphatic carbocycles. The molecule has 3 amide bonds. The van der Waals surface area contributed by atoms with Gasteiger partial charge in [-0.15, -0.1) is 0 Å². The van der Waals surface area contributed by atoms with Gasteiger partial charge >= 0.3 is 6.03 Å². The van der Waals surface area contributed by atoms with Crippen molar-refractivity contribution in [2.45, 2.75) is 52.5 Å². The van der Waals surface area contributed by atoms with Crippen molar-refractivity contribution in [3.63, 3.8) is 0 Å². The number of urea groups is 1. The predicted molar refractivity (Wildman–Crippen MR) is 67.6 cm³/mol. The molecule has 0 aromatic rings. The van der Waals surface area contributed by atoms with Crippen LogP contribution in [0.4, 0.5) is 4.79 Å². The van der Waals surface area contributed by atoms with Crippen molar-refractivity contribution in [1.29, 1.82) is 5.26 Å². The summed E-state index contributed by atoms with van der Waals surface area (Å²) in [6.45, 7) is 7.93. The normalized spacial score (nSPS) is 24.1. The predicted octanol–water partition coefficient (Wildman–Crippen LogP) is 2.04. The van der Waals surface area contributed by atoms with Crippen LogP contribution in [0, 0.1) is 16.7 Å². The average Bonchev–Trinajstić information content (AvgIpc) is 2.53. The minimum Gasteiger partial charge on any atom is -0.310 e. The molecule has 1 atom stereocenters. The first-order valence-electron chi connectivity index (χ1n) is 6.31. The van der Waals surface area contributed by atoms with Crippen molar-refractivity contribution >= 4 is 11.9 Å². The van der Waals surface area contributed by atoms with Gasteiger partial charge < -0.3 is 4.90 Å². The van der Waals surface area contributed by atoms with E-state index in [1.165, 1.54) is 0 Å². The van der Waals surface area contributed by atoms with Gasteiger partial charge in [0.15, 0.2) is 0 Å². The molecule has 0 aromatic heterocycles. The fraction of sp³-hybridized carbons (Fsp3) is 0.769. The summed E-state index contributed by atoms with van der Waals surface area (Å²) in [7, 11) is 0. The summed E-state index contributed by atoms with van der Waals surface area (Å²) in [5.74, 6) is -0.227. The fourth-order valence-corrected chi connectivity index (χ4v) is 2.08. The summed E-state index contributed by atoms with van der Waals surface area (Å²) >= 11 is 0. The molecule has 1 unspecified atom stereocenters. The standard InChI is InChI=1S/C13H21N3O2/c1-5-13(4)10(17)15-11(18)16(13)8-6-7-12(2,3)9-14/h5-8H2,1-4H3,(H,15,17,18). The molecule has 0 radical (unpaired) electrons. The first-order chi connectivity index (χ1) is 8.27. The number of imide groups is 1. The number of hydrogen-bond acceptors (Lipinski definition) is 3. The van der Waals surface area contributed by atoms with Crippen LogP contribution < -0.4 is 5.32 Å². The Bertz CT molecular complexity index is 398. The Hall–Kier alpha value is -1.57. The van der Waals surface area contributed by atoms with Crippen molar-refractivity contribution in [1.82, 2.24) is 10.2 Å². The monoisotopic (exact) mass is 251 g/mol. The zero-order valence-electron chi connectivity index (χ0n) is 11.5. The fourth-order valence-electron chi connectivity index (χ4n) is 2.08. The molecule has 1 rings (SSSR count). The molecule has 5 nitrogen and oxygen atoms in total. The highest BCUT2D eigenvalue weighted by Gasteiger charge is 2.47. The summed E-state index contributed by atoms with van der Waals surface area (Å²) in [6, 6.07) is 1.92. The number of amides is 3. The molecule has 1 saturated heterocycles. The third-order valence-corrected chi connectivity index (χ3v) is 3.73. The summed E-state index contributed by atoms with van der Waals surface area (Å²) in [5, 5.41) is 11.3. The van der Waals surface area contributed by atoms with Crippen LogP contribution in [0.15, 0.2) is 0 Å². The van der Waals surface area contributed by atoms with Gasteiger partial charge in [-0.05, 0) is 40.0 Å². The zero-order valence-corrected chi connectivity index (χ0v) is 11.5. The van der Waals surface area contributed by atoms with Crippen LogP contribution in [0.5, 0.6) is 0 Å². The van der Waals surface area contributed by atoms with Crippen molar-refractivity contribution in [3.05, 3.63) is 0 Å². The van der Waals surface area contributed by atoms with Gasteiger partial charge in [0.25, 0.3) is 5.91 Å². The molecule has 1 fully saturated rings. The van der Waals surface area contributed by atoms with E-state index in [-0.39, 0.29) is 17.4 Å². The van der Waals surface area contributed by atoms with E-state index in [0.717, 1.165) is 6.42 Å². The highest BCUT2D eigenvalue weighted by molar-refractivity contribution is 6.06. The first kappa shape index (κ1) is 14.5. The van der Waals surface area contributed by atoms with Crippen LogP contribution in [0.3, 0.4) is 0 Å². The third kappa shape index (κ3) is 2.63. The minimum absolute atomic E-state index is 0.227. The number of rotatable bonds is 5. The SMILES string of the molecule is CCC1(C)C(=O)NC(=O)N1CCCC(C)(C)C#N. The largest absolute Gasteiger partial charge is 0.325 e. The van der Waals surface area contributed by atoms with Gasteiger partial charge in [0.05, 0.1) is 11.5 Å². The van der Waals surface area contributed by atoms with Gasteiger partial charge in [-0.2, -0.15) is 5.26 Å². The second kappa shape index (κ2) is 4.97.